The maximum absolute atomic E-state index is 12.6. The van der Waals surface area contributed by atoms with Crippen LogP contribution < -0.4 is 14.4 Å². The number of hydrogen-bond acceptors (Lipinski definition) is 4. The number of rotatable bonds is 4. The van der Waals surface area contributed by atoms with E-state index in [-0.39, 0.29) is 17.2 Å². The van der Waals surface area contributed by atoms with E-state index in [1.54, 1.807) is 25.0 Å². The molecule has 25 heavy (non-hydrogen) atoms. The summed E-state index contributed by atoms with van der Waals surface area (Å²) in [5.41, 5.74) is 1.46. The number of fused-ring (bicyclic) bond motifs is 1. The zero-order valence-corrected chi connectivity index (χ0v) is 15.1. The molecular weight excluding hydrogens is 365 g/mol. The predicted molar refractivity (Wildman–Crippen MR) is 95.9 cm³/mol. The van der Waals surface area contributed by atoms with Crippen molar-refractivity contribution in [2.24, 2.45) is 0 Å². The lowest BCUT2D eigenvalue weighted by Crippen LogP contribution is -2.44. The number of hydrogen-bond donors (Lipinski definition) is 0. The van der Waals surface area contributed by atoms with Crippen molar-refractivity contribution in [3.8, 4) is 11.5 Å². The third kappa shape index (κ3) is 3.43. The van der Waals surface area contributed by atoms with E-state index in [4.69, 9.17) is 32.7 Å². The van der Waals surface area contributed by atoms with E-state index in [1.807, 2.05) is 24.3 Å². The van der Waals surface area contributed by atoms with Gasteiger partial charge in [0.15, 0.2) is 11.9 Å². The lowest BCUT2D eigenvalue weighted by Gasteiger charge is -2.34. The topological polar surface area (TPSA) is 55.8 Å². The number of ether oxygens (including phenoxy) is 2. The molecule has 2 aromatic rings. The van der Waals surface area contributed by atoms with Gasteiger partial charge in [0.1, 0.15) is 5.75 Å². The number of nitrogens with zero attached hydrogens (tertiary/aromatic N) is 1. The van der Waals surface area contributed by atoms with Crippen LogP contribution in [0, 0.1) is 0 Å². The molecule has 1 amide bonds. The van der Waals surface area contributed by atoms with E-state index in [0.717, 1.165) is 11.3 Å². The Kier molecular flexibility index (Phi) is 4.88. The monoisotopic (exact) mass is 379 g/mol. The second-order valence-electron chi connectivity index (χ2n) is 5.61. The van der Waals surface area contributed by atoms with Crippen LogP contribution in [0.4, 0.5) is 5.69 Å². The van der Waals surface area contributed by atoms with Gasteiger partial charge in [0.05, 0.1) is 24.9 Å². The van der Waals surface area contributed by atoms with Gasteiger partial charge in [0.2, 0.25) is 0 Å². The molecule has 1 atom stereocenters. The van der Waals surface area contributed by atoms with Crippen molar-refractivity contribution in [3.05, 3.63) is 52.5 Å². The molecule has 2 aromatic carbocycles. The molecule has 0 aliphatic carbocycles. The van der Waals surface area contributed by atoms with Gasteiger partial charge in [-0.25, -0.2) is 0 Å². The summed E-state index contributed by atoms with van der Waals surface area (Å²) in [7, 11) is 1.59. The van der Waals surface area contributed by atoms with E-state index in [0.29, 0.717) is 17.3 Å². The van der Waals surface area contributed by atoms with Gasteiger partial charge in [-0.2, -0.15) is 0 Å². The van der Waals surface area contributed by atoms with Crippen molar-refractivity contribution in [2.75, 3.05) is 12.0 Å². The fraction of sp³-hybridized carbons (Fsp3) is 0.222. The summed E-state index contributed by atoms with van der Waals surface area (Å²) in [4.78, 5) is 25.9. The van der Waals surface area contributed by atoms with Crippen molar-refractivity contribution in [1.29, 1.82) is 0 Å². The van der Waals surface area contributed by atoms with Crippen LogP contribution in [-0.4, -0.2) is 24.4 Å². The number of benzene rings is 2. The van der Waals surface area contributed by atoms with Crippen molar-refractivity contribution >= 4 is 40.0 Å². The summed E-state index contributed by atoms with van der Waals surface area (Å²) in [6, 6.07) is 10.4. The average Bonchev–Trinajstić information content (AvgIpc) is 2.59. The standard InChI is InChI=1S/C18H15Cl2NO4/c1-10-18(23)21(9-11-3-5-13(24-2)6-4-11)15-8-12(19)7-14(17(20)22)16(15)25-10/h3-8,10H,9H2,1-2H3. The van der Waals surface area contributed by atoms with Gasteiger partial charge in [-0.1, -0.05) is 23.7 Å². The summed E-state index contributed by atoms with van der Waals surface area (Å²) >= 11 is 11.7. The minimum absolute atomic E-state index is 0.142. The van der Waals surface area contributed by atoms with Gasteiger partial charge in [-0.15, -0.1) is 0 Å². The number of halogens is 2. The molecule has 7 heteroatoms. The molecule has 0 saturated carbocycles. The molecule has 5 nitrogen and oxygen atoms in total. The zero-order valence-electron chi connectivity index (χ0n) is 13.6. The fourth-order valence-corrected chi connectivity index (χ4v) is 3.04. The molecule has 0 saturated heterocycles. The first-order chi connectivity index (χ1) is 11.9. The highest BCUT2D eigenvalue weighted by atomic mass is 35.5. The van der Waals surface area contributed by atoms with Gasteiger partial charge < -0.3 is 14.4 Å². The largest absolute Gasteiger partial charge is 0.497 e. The maximum Gasteiger partial charge on any atom is 0.268 e. The molecular formula is C18H15Cl2NO4. The van der Waals surface area contributed by atoms with Gasteiger partial charge in [0, 0.05) is 5.02 Å². The van der Waals surface area contributed by atoms with Crippen LogP contribution in [0.5, 0.6) is 11.5 Å². The Balaban J connectivity index is 2.04. The molecule has 130 valence electrons. The highest BCUT2D eigenvalue weighted by Gasteiger charge is 2.34. The van der Waals surface area contributed by atoms with Crippen LogP contribution in [0.3, 0.4) is 0 Å². The number of methoxy groups -OCH3 is 1. The Hall–Kier alpha value is -2.24. The molecule has 0 bridgehead atoms. The van der Waals surface area contributed by atoms with E-state index < -0.39 is 11.3 Å². The van der Waals surface area contributed by atoms with Crippen LogP contribution in [0.2, 0.25) is 5.02 Å². The summed E-state index contributed by atoms with van der Waals surface area (Å²) in [6.07, 6.45) is -0.735. The number of carbonyl (C=O) groups excluding carboxylic acids is 2. The minimum atomic E-state index is -0.735. The summed E-state index contributed by atoms with van der Waals surface area (Å²) in [5, 5.41) is -0.391. The fourth-order valence-electron chi connectivity index (χ4n) is 2.69. The number of anilines is 1. The number of carbonyl (C=O) groups is 2. The van der Waals surface area contributed by atoms with Crippen molar-refractivity contribution in [3.63, 3.8) is 0 Å². The molecule has 1 aliphatic rings. The first-order valence-corrected chi connectivity index (χ1v) is 8.30. The molecule has 0 radical (unpaired) electrons. The Morgan fingerprint density at radius 2 is 1.96 bits per heavy atom. The van der Waals surface area contributed by atoms with E-state index in [9.17, 15) is 9.59 Å². The normalized spacial score (nSPS) is 16.2. The lowest BCUT2D eigenvalue weighted by atomic mass is 10.1. The van der Waals surface area contributed by atoms with Crippen LogP contribution in [-0.2, 0) is 11.3 Å². The van der Waals surface area contributed by atoms with Crippen molar-refractivity contribution in [1.82, 2.24) is 0 Å². The summed E-state index contributed by atoms with van der Waals surface area (Å²) in [6.45, 7) is 1.93. The molecule has 0 aromatic heterocycles. The molecule has 1 heterocycles. The Labute approximate surface area is 155 Å². The van der Waals surface area contributed by atoms with Crippen LogP contribution in [0.25, 0.3) is 0 Å². The SMILES string of the molecule is COc1ccc(CN2C(=O)C(C)Oc3c(C(=O)Cl)cc(Cl)cc32)cc1. The third-order valence-corrected chi connectivity index (χ3v) is 4.37. The first kappa shape index (κ1) is 17.6. The Morgan fingerprint density at radius 3 is 2.56 bits per heavy atom. The maximum atomic E-state index is 12.6. The highest BCUT2D eigenvalue weighted by molar-refractivity contribution is 6.68. The Bertz CT molecular complexity index is 836. The van der Waals surface area contributed by atoms with Crippen LogP contribution in [0.1, 0.15) is 22.8 Å². The van der Waals surface area contributed by atoms with E-state index in [1.165, 1.54) is 6.07 Å². The van der Waals surface area contributed by atoms with Gasteiger partial charge in [-0.05, 0) is 48.4 Å². The molecule has 1 aliphatic heterocycles. The molecule has 0 N–H and O–H groups in total. The van der Waals surface area contributed by atoms with Crippen molar-refractivity contribution < 1.29 is 19.1 Å². The van der Waals surface area contributed by atoms with E-state index >= 15 is 0 Å². The Morgan fingerprint density at radius 1 is 1.28 bits per heavy atom. The van der Waals surface area contributed by atoms with Crippen molar-refractivity contribution in [2.45, 2.75) is 19.6 Å². The van der Waals surface area contributed by atoms with Gasteiger partial charge >= 0.3 is 0 Å². The first-order valence-electron chi connectivity index (χ1n) is 7.55. The minimum Gasteiger partial charge on any atom is -0.497 e. The summed E-state index contributed by atoms with van der Waals surface area (Å²) < 4.78 is 10.8. The third-order valence-electron chi connectivity index (χ3n) is 3.94. The smallest absolute Gasteiger partial charge is 0.268 e. The average molecular weight is 380 g/mol. The number of amides is 1. The molecule has 0 fully saturated rings. The predicted octanol–water partition coefficient (Wildman–Crippen LogP) is 4.04. The lowest BCUT2D eigenvalue weighted by molar-refractivity contribution is -0.125. The second-order valence-corrected chi connectivity index (χ2v) is 6.39. The second kappa shape index (κ2) is 6.94. The van der Waals surface area contributed by atoms with Gasteiger partial charge in [0.25, 0.3) is 11.1 Å². The van der Waals surface area contributed by atoms with Gasteiger partial charge in [-0.3, -0.25) is 9.59 Å². The molecule has 0 spiro atoms. The van der Waals surface area contributed by atoms with Crippen LogP contribution >= 0.6 is 23.2 Å². The molecule has 1 unspecified atom stereocenters. The van der Waals surface area contributed by atoms with Crippen LogP contribution in [0.15, 0.2) is 36.4 Å². The quantitative estimate of drug-likeness (QED) is 0.752. The van der Waals surface area contributed by atoms with E-state index in [2.05, 4.69) is 0 Å². The highest BCUT2D eigenvalue weighted by Crippen LogP contribution is 2.41. The molecule has 3 rings (SSSR count). The zero-order chi connectivity index (χ0) is 18.1. The summed E-state index contributed by atoms with van der Waals surface area (Å²) in [5.74, 6) is 0.771.